The smallest absolute Gasteiger partial charge is 0.260 e. The number of hydrogen-bond donors (Lipinski definition) is 0. The van der Waals surface area contributed by atoms with Gasteiger partial charge in [-0.05, 0) is 52.6 Å². The molecule has 37 heavy (non-hydrogen) atoms. The van der Waals surface area contributed by atoms with E-state index in [0.29, 0.717) is 19.6 Å². The van der Waals surface area contributed by atoms with Crippen molar-refractivity contribution in [3.8, 4) is 16.9 Å². The second kappa shape index (κ2) is 11.3. The molecule has 0 saturated carbocycles. The van der Waals surface area contributed by atoms with Gasteiger partial charge in [0.15, 0.2) is 0 Å². The molecular formula is C30H26F2N2O3. The van der Waals surface area contributed by atoms with Crippen LogP contribution >= 0.6 is 0 Å². The molecule has 2 bridgehead atoms. The number of nitrogens with zero attached hydrogens (tertiary/aromatic N) is 2. The van der Waals surface area contributed by atoms with Crippen LogP contribution in [0.5, 0.6) is 5.75 Å². The van der Waals surface area contributed by atoms with Crippen molar-refractivity contribution in [3.05, 3.63) is 119 Å². The second-order valence-electron chi connectivity index (χ2n) is 8.85. The highest BCUT2D eigenvalue weighted by Crippen LogP contribution is 2.29. The van der Waals surface area contributed by atoms with Crippen LogP contribution in [0.3, 0.4) is 0 Å². The maximum Gasteiger partial charge on any atom is 0.260 e. The summed E-state index contributed by atoms with van der Waals surface area (Å²) in [6.45, 7) is 1.22. The van der Waals surface area contributed by atoms with Crippen LogP contribution in [-0.2, 0) is 17.7 Å². The van der Waals surface area contributed by atoms with Gasteiger partial charge >= 0.3 is 0 Å². The van der Waals surface area contributed by atoms with Gasteiger partial charge in [-0.3, -0.25) is 9.78 Å². The van der Waals surface area contributed by atoms with E-state index in [1.807, 2.05) is 54.7 Å². The highest BCUT2D eigenvalue weighted by Gasteiger charge is 2.23. The lowest BCUT2D eigenvalue weighted by Gasteiger charge is -2.24. The van der Waals surface area contributed by atoms with Crippen LogP contribution in [-0.4, -0.2) is 42.2 Å². The normalized spacial score (nSPS) is 14.3. The summed E-state index contributed by atoms with van der Waals surface area (Å²) in [6.07, 6.45) is 4.17. The van der Waals surface area contributed by atoms with Gasteiger partial charge in [0.2, 0.25) is 0 Å². The molecule has 1 aromatic heterocycles. The van der Waals surface area contributed by atoms with Crippen LogP contribution in [0.4, 0.5) is 8.78 Å². The van der Waals surface area contributed by atoms with Gasteiger partial charge in [-0.2, -0.15) is 0 Å². The van der Waals surface area contributed by atoms with Crippen molar-refractivity contribution in [2.24, 2.45) is 0 Å². The van der Waals surface area contributed by atoms with Crippen LogP contribution in [0.15, 0.2) is 85.2 Å². The van der Waals surface area contributed by atoms with Gasteiger partial charge in [-0.25, -0.2) is 8.78 Å². The molecule has 4 aromatic rings. The van der Waals surface area contributed by atoms with Crippen LogP contribution in [0.25, 0.3) is 11.1 Å². The van der Waals surface area contributed by atoms with Crippen molar-refractivity contribution in [3.63, 3.8) is 0 Å². The predicted molar refractivity (Wildman–Crippen MR) is 136 cm³/mol. The number of aromatic nitrogens is 1. The number of hydrogen-bond acceptors (Lipinski definition) is 4. The van der Waals surface area contributed by atoms with E-state index >= 15 is 0 Å². The summed E-state index contributed by atoms with van der Waals surface area (Å²) >= 11 is 0. The summed E-state index contributed by atoms with van der Waals surface area (Å²) in [4.78, 5) is 18.8. The molecule has 0 N–H and O–H groups in total. The number of fused-ring (bicyclic) bond motifs is 3. The van der Waals surface area contributed by atoms with Crippen molar-refractivity contribution in [1.29, 1.82) is 0 Å². The minimum atomic E-state index is -0.881. The van der Waals surface area contributed by atoms with Gasteiger partial charge < -0.3 is 14.4 Å². The topological polar surface area (TPSA) is 51.7 Å². The highest BCUT2D eigenvalue weighted by molar-refractivity contribution is 5.94. The van der Waals surface area contributed by atoms with Crippen molar-refractivity contribution in [1.82, 2.24) is 9.88 Å². The van der Waals surface area contributed by atoms with Gasteiger partial charge in [-0.1, -0.05) is 42.5 Å². The Kier molecular flexibility index (Phi) is 7.51. The van der Waals surface area contributed by atoms with Gasteiger partial charge in [0, 0.05) is 37.5 Å². The molecule has 0 spiro atoms. The van der Waals surface area contributed by atoms with Crippen LogP contribution in [0, 0.1) is 11.6 Å². The van der Waals surface area contributed by atoms with E-state index in [0.717, 1.165) is 45.7 Å². The monoisotopic (exact) mass is 500 g/mol. The Hall–Kier alpha value is -4.10. The lowest BCUT2D eigenvalue weighted by Crippen LogP contribution is -2.35. The number of carbonyl (C=O) groups excluding carboxylic acids is 1. The number of rotatable bonds is 2. The van der Waals surface area contributed by atoms with E-state index in [1.54, 1.807) is 6.20 Å². The lowest BCUT2D eigenvalue weighted by atomic mass is 9.98. The predicted octanol–water partition coefficient (Wildman–Crippen LogP) is 5.67. The summed E-state index contributed by atoms with van der Waals surface area (Å²) in [5, 5.41) is 0. The minimum Gasteiger partial charge on any atom is -0.491 e. The summed E-state index contributed by atoms with van der Waals surface area (Å²) in [5.41, 5.74) is 4.38. The molecular weight excluding hydrogens is 474 g/mol. The molecule has 0 fully saturated rings. The molecule has 2 heterocycles. The van der Waals surface area contributed by atoms with Gasteiger partial charge in [0.25, 0.3) is 5.91 Å². The molecule has 0 atom stereocenters. The van der Waals surface area contributed by atoms with E-state index in [4.69, 9.17) is 9.47 Å². The number of carbonyl (C=O) groups is 1. The van der Waals surface area contributed by atoms with E-state index in [-0.39, 0.29) is 19.7 Å². The van der Waals surface area contributed by atoms with Crippen LogP contribution in [0.2, 0.25) is 0 Å². The summed E-state index contributed by atoms with van der Waals surface area (Å²) in [7, 11) is 0. The Balaban J connectivity index is 1.46. The van der Waals surface area contributed by atoms with Crippen LogP contribution in [0.1, 0.15) is 27.0 Å². The number of pyridine rings is 1. The minimum absolute atomic E-state index is 0.182. The summed E-state index contributed by atoms with van der Waals surface area (Å²) in [6, 6.07) is 21.3. The van der Waals surface area contributed by atoms with E-state index < -0.39 is 23.1 Å². The highest BCUT2D eigenvalue weighted by atomic mass is 19.1. The quantitative estimate of drug-likeness (QED) is 0.356. The largest absolute Gasteiger partial charge is 0.491 e. The Bertz CT molecular complexity index is 1370. The first-order valence-corrected chi connectivity index (χ1v) is 12.1. The third kappa shape index (κ3) is 5.84. The lowest BCUT2D eigenvalue weighted by molar-refractivity contribution is 0.0564. The molecule has 1 aliphatic heterocycles. The zero-order valence-corrected chi connectivity index (χ0v) is 20.2. The van der Waals surface area contributed by atoms with Crippen molar-refractivity contribution in [2.45, 2.75) is 13.0 Å². The Morgan fingerprint density at radius 1 is 0.838 bits per heavy atom. The number of benzene rings is 3. The van der Waals surface area contributed by atoms with E-state index in [2.05, 4.69) is 11.1 Å². The molecule has 1 aliphatic rings. The number of halogens is 2. The van der Waals surface area contributed by atoms with E-state index in [9.17, 15) is 13.6 Å². The molecule has 0 unspecified atom stereocenters. The fourth-order valence-corrected chi connectivity index (χ4v) is 4.45. The molecule has 3 aromatic carbocycles. The molecule has 1 amide bonds. The summed E-state index contributed by atoms with van der Waals surface area (Å²) < 4.78 is 40.5. The Morgan fingerprint density at radius 2 is 1.65 bits per heavy atom. The first-order chi connectivity index (χ1) is 18.1. The number of ether oxygens (including phenoxy) is 2. The van der Waals surface area contributed by atoms with Gasteiger partial charge in [0.1, 0.15) is 29.6 Å². The van der Waals surface area contributed by atoms with Crippen molar-refractivity contribution < 1.29 is 23.0 Å². The molecule has 0 aliphatic carbocycles. The Labute approximate surface area is 214 Å². The Morgan fingerprint density at radius 3 is 2.46 bits per heavy atom. The average molecular weight is 501 g/mol. The average Bonchev–Trinajstić information content (AvgIpc) is 2.90. The fourth-order valence-electron chi connectivity index (χ4n) is 4.45. The van der Waals surface area contributed by atoms with Crippen molar-refractivity contribution >= 4 is 5.91 Å². The zero-order chi connectivity index (χ0) is 25.6. The van der Waals surface area contributed by atoms with Crippen molar-refractivity contribution in [2.75, 3.05) is 26.4 Å². The standard InChI is InChI=1S/C30H26F2N2O3/c31-26-7-2-8-27(32)29(26)30(35)34-12-13-36-14-15-37-28-10-9-23(24-6-3-11-33-19-24)18-25(28)17-21-4-1-5-22(16-21)20-34/h1-11,16,18-19H,12-15,17,20H2. The van der Waals surface area contributed by atoms with Crippen LogP contribution < -0.4 is 4.74 Å². The maximum atomic E-state index is 14.4. The van der Waals surface area contributed by atoms with Gasteiger partial charge in [-0.15, -0.1) is 0 Å². The maximum absolute atomic E-state index is 14.4. The zero-order valence-electron chi connectivity index (χ0n) is 20.2. The number of amides is 1. The molecule has 5 nitrogen and oxygen atoms in total. The molecule has 0 radical (unpaired) electrons. The first-order valence-electron chi connectivity index (χ1n) is 12.1. The second-order valence-corrected chi connectivity index (χ2v) is 8.85. The fraction of sp³-hybridized carbons (Fsp3) is 0.200. The third-order valence-electron chi connectivity index (χ3n) is 6.27. The first kappa shape index (κ1) is 24.6. The third-order valence-corrected chi connectivity index (χ3v) is 6.27. The SMILES string of the molecule is O=C(c1c(F)cccc1F)N1CCOCCOc2ccc(-c3cccnc3)cc2Cc2cccc(c2)C1. The molecule has 0 saturated heterocycles. The van der Waals surface area contributed by atoms with E-state index in [1.165, 1.54) is 11.0 Å². The molecule has 7 heteroatoms. The molecule has 188 valence electrons. The van der Waals surface area contributed by atoms with Gasteiger partial charge in [0.05, 0.1) is 13.2 Å². The molecule has 5 rings (SSSR count). The summed E-state index contributed by atoms with van der Waals surface area (Å²) in [5.74, 6) is -1.69.